The number of aliphatic imine (C=N–C) groups is 1. The monoisotopic (exact) mass is 434 g/mol. The van der Waals surface area contributed by atoms with Gasteiger partial charge in [-0.1, -0.05) is 18.2 Å². The van der Waals surface area contributed by atoms with E-state index in [9.17, 15) is 14.4 Å². The van der Waals surface area contributed by atoms with E-state index in [0.717, 1.165) is 13.1 Å². The molecule has 3 amide bonds. The molecule has 2 aliphatic heterocycles. The third-order valence-electron chi connectivity index (χ3n) is 5.38. The molecule has 166 valence electrons. The Hall–Kier alpha value is -3.88. The Balaban J connectivity index is 1.38. The number of nitrogens with zero attached hydrogens (tertiary/aromatic N) is 3. The average Bonchev–Trinajstić information content (AvgIpc) is 2.80. The summed E-state index contributed by atoms with van der Waals surface area (Å²) in [7, 11) is 0. The van der Waals surface area contributed by atoms with Crippen molar-refractivity contribution in [3.8, 4) is 0 Å². The molecule has 1 atom stereocenters. The molecule has 1 saturated heterocycles. The molecule has 0 aliphatic carbocycles. The van der Waals surface area contributed by atoms with Crippen molar-refractivity contribution < 1.29 is 14.4 Å². The molecule has 2 aliphatic rings. The standard InChI is InChI=1S/C23H26N6O3/c1-16(30)24-17-7-9-18(10-8-17)25-22(32)20-15-21(31)27-23(26-20)29-13-11-28(12-14-29)19-5-3-2-4-6-19/h2-10,20H,11-15H2,1H3,(H,24,30)(H,25,32)(H,26,27,31)/t20-/m0/s1. The summed E-state index contributed by atoms with van der Waals surface area (Å²) in [5, 5.41) is 8.29. The largest absolute Gasteiger partial charge is 0.368 e. The van der Waals surface area contributed by atoms with Gasteiger partial charge in [0.05, 0.1) is 6.42 Å². The second-order valence-corrected chi connectivity index (χ2v) is 7.78. The molecule has 1 fully saturated rings. The van der Waals surface area contributed by atoms with Crippen LogP contribution in [0.15, 0.2) is 59.6 Å². The number of hydrogen-bond donors (Lipinski definition) is 3. The Labute approximate surface area is 186 Å². The van der Waals surface area contributed by atoms with E-state index in [-0.39, 0.29) is 24.1 Å². The predicted molar refractivity (Wildman–Crippen MR) is 124 cm³/mol. The highest BCUT2D eigenvalue weighted by Gasteiger charge is 2.30. The maximum atomic E-state index is 12.7. The molecular weight excluding hydrogens is 408 g/mol. The number of hydrogen-bond acceptors (Lipinski definition) is 6. The van der Waals surface area contributed by atoms with Crippen molar-refractivity contribution in [1.29, 1.82) is 0 Å². The topological polar surface area (TPSA) is 106 Å². The van der Waals surface area contributed by atoms with Gasteiger partial charge in [0.1, 0.15) is 6.04 Å². The number of anilines is 3. The van der Waals surface area contributed by atoms with Crippen molar-refractivity contribution in [3.63, 3.8) is 0 Å². The summed E-state index contributed by atoms with van der Waals surface area (Å²) < 4.78 is 0. The molecule has 0 radical (unpaired) electrons. The van der Waals surface area contributed by atoms with Gasteiger partial charge in [0.25, 0.3) is 0 Å². The second-order valence-electron chi connectivity index (χ2n) is 7.78. The highest BCUT2D eigenvalue weighted by Crippen LogP contribution is 2.18. The number of amides is 3. The van der Waals surface area contributed by atoms with Crippen molar-refractivity contribution in [2.75, 3.05) is 41.7 Å². The van der Waals surface area contributed by atoms with E-state index in [2.05, 4.69) is 38.0 Å². The fraction of sp³-hybridized carbons (Fsp3) is 0.304. The summed E-state index contributed by atoms with van der Waals surface area (Å²) in [4.78, 5) is 45.0. The minimum absolute atomic E-state index is 0.00326. The van der Waals surface area contributed by atoms with Crippen LogP contribution in [0, 0.1) is 0 Å². The molecule has 0 aromatic heterocycles. The third-order valence-corrected chi connectivity index (χ3v) is 5.38. The Morgan fingerprint density at radius 1 is 0.906 bits per heavy atom. The number of carbonyl (C=O) groups excluding carboxylic acids is 3. The highest BCUT2D eigenvalue weighted by molar-refractivity contribution is 6.06. The lowest BCUT2D eigenvalue weighted by Crippen LogP contribution is -2.56. The predicted octanol–water partition coefficient (Wildman–Crippen LogP) is 1.65. The van der Waals surface area contributed by atoms with Gasteiger partial charge in [-0.3, -0.25) is 19.7 Å². The molecule has 0 unspecified atom stereocenters. The fourth-order valence-corrected chi connectivity index (χ4v) is 3.77. The van der Waals surface area contributed by atoms with Crippen LogP contribution in [0.4, 0.5) is 17.1 Å². The van der Waals surface area contributed by atoms with E-state index < -0.39 is 6.04 Å². The molecule has 0 spiro atoms. The van der Waals surface area contributed by atoms with Gasteiger partial charge in [-0.05, 0) is 36.4 Å². The van der Waals surface area contributed by atoms with Gasteiger partial charge in [0.2, 0.25) is 23.7 Å². The van der Waals surface area contributed by atoms with Crippen LogP contribution in [0.5, 0.6) is 0 Å². The normalized spacial score (nSPS) is 18.5. The zero-order valence-corrected chi connectivity index (χ0v) is 17.9. The molecule has 0 saturated carbocycles. The maximum Gasteiger partial charge on any atom is 0.249 e. The van der Waals surface area contributed by atoms with Gasteiger partial charge in [0, 0.05) is 50.2 Å². The highest BCUT2D eigenvalue weighted by atomic mass is 16.2. The number of benzene rings is 2. The summed E-state index contributed by atoms with van der Waals surface area (Å²) >= 11 is 0. The number of piperazine rings is 1. The zero-order valence-electron chi connectivity index (χ0n) is 17.9. The Morgan fingerprint density at radius 2 is 1.50 bits per heavy atom. The lowest BCUT2D eigenvalue weighted by Gasteiger charge is -2.38. The van der Waals surface area contributed by atoms with Crippen LogP contribution >= 0.6 is 0 Å². The van der Waals surface area contributed by atoms with Gasteiger partial charge >= 0.3 is 0 Å². The van der Waals surface area contributed by atoms with E-state index in [1.807, 2.05) is 23.1 Å². The minimum atomic E-state index is -0.791. The number of nitrogens with one attached hydrogen (secondary N) is 3. The first kappa shape index (κ1) is 21.4. The Kier molecular flexibility index (Phi) is 6.34. The van der Waals surface area contributed by atoms with Crippen molar-refractivity contribution in [1.82, 2.24) is 10.2 Å². The molecule has 3 N–H and O–H groups in total. The molecule has 2 heterocycles. The van der Waals surface area contributed by atoms with E-state index in [1.165, 1.54) is 12.6 Å². The van der Waals surface area contributed by atoms with Gasteiger partial charge in [0.15, 0.2) is 0 Å². The number of para-hydroxylation sites is 1. The summed E-state index contributed by atoms with van der Waals surface area (Å²) in [5.41, 5.74) is 2.38. The SMILES string of the molecule is CC(=O)Nc1ccc(NC(=O)[C@@H]2CC(=O)NC(N3CCN(c4ccccc4)CC3)=N2)cc1. The first-order valence-corrected chi connectivity index (χ1v) is 10.6. The zero-order chi connectivity index (χ0) is 22.5. The van der Waals surface area contributed by atoms with Crippen molar-refractivity contribution in [2.24, 2.45) is 4.99 Å². The van der Waals surface area contributed by atoms with Crippen LogP contribution < -0.4 is 20.9 Å². The van der Waals surface area contributed by atoms with Gasteiger partial charge in [-0.25, -0.2) is 4.99 Å². The molecule has 4 rings (SSSR count). The first-order valence-electron chi connectivity index (χ1n) is 10.6. The van der Waals surface area contributed by atoms with Gasteiger partial charge < -0.3 is 20.4 Å². The smallest absolute Gasteiger partial charge is 0.249 e. The Morgan fingerprint density at radius 3 is 2.12 bits per heavy atom. The molecule has 0 bridgehead atoms. The van der Waals surface area contributed by atoms with Crippen LogP contribution in [0.2, 0.25) is 0 Å². The molecule has 32 heavy (non-hydrogen) atoms. The van der Waals surface area contributed by atoms with Crippen LogP contribution in [0.1, 0.15) is 13.3 Å². The summed E-state index contributed by atoms with van der Waals surface area (Å²) in [6.45, 7) is 4.44. The summed E-state index contributed by atoms with van der Waals surface area (Å²) in [5.74, 6) is -0.272. The first-order chi connectivity index (χ1) is 15.5. The van der Waals surface area contributed by atoms with E-state index in [0.29, 0.717) is 30.4 Å². The lowest BCUT2D eigenvalue weighted by molar-refractivity contribution is -0.125. The summed E-state index contributed by atoms with van der Waals surface area (Å²) in [6.07, 6.45) is 0.00326. The summed E-state index contributed by atoms with van der Waals surface area (Å²) in [6, 6.07) is 16.2. The number of guanidine groups is 1. The molecule has 2 aromatic carbocycles. The van der Waals surface area contributed by atoms with Crippen molar-refractivity contribution in [2.45, 2.75) is 19.4 Å². The number of rotatable bonds is 4. The molecular formula is C23H26N6O3. The average molecular weight is 435 g/mol. The Bertz CT molecular complexity index is 1010. The molecule has 9 heteroatoms. The van der Waals surface area contributed by atoms with Crippen LogP contribution in [0.3, 0.4) is 0 Å². The van der Waals surface area contributed by atoms with E-state index in [4.69, 9.17) is 0 Å². The fourth-order valence-electron chi connectivity index (χ4n) is 3.77. The van der Waals surface area contributed by atoms with Gasteiger partial charge in [-0.2, -0.15) is 0 Å². The van der Waals surface area contributed by atoms with Gasteiger partial charge in [-0.15, -0.1) is 0 Å². The van der Waals surface area contributed by atoms with Crippen molar-refractivity contribution in [3.05, 3.63) is 54.6 Å². The lowest BCUT2D eigenvalue weighted by atomic mass is 10.1. The number of carbonyl (C=O) groups is 3. The van der Waals surface area contributed by atoms with E-state index >= 15 is 0 Å². The van der Waals surface area contributed by atoms with Crippen molar-refractivity contribution >= 4 is 40.7 Å². The quantitative estimate of drug-likeness (QED) is 0.679. The van der Waals surface area contributed by atoms with Crippen LogP contribution in [-0.2, 0) is 14.4 Å². The van der Waals surface area contributed by atoms with Crippen LogP contribution in [-0.4, -0.2) is 60.8 Å². The van der Waals surface area contributed by atoms with E-state index in [1.54, 1.807) is 24.3 Å². The van der Waals surface area contributed by atoms with Crippen LogP contribution in [0.25, 0.3) is 0 Å². The second kappa shape index (κ2) is 9.51. The minimum Gasteiger partial charge on any atom is -0.368 e. The molecule has 2 aromatic rings. The molecule has 9 nitrogen and oxygen atoms in total. The third kappa shape index (κ3) is 5.23. The maximum absolute atomic E-state index is 12.7.